The Labute approximate surface area is 216 Å². The van der Waals surface area contributed by atoms with Gasteiger partial charge in [0.05, 0.1) is 17.5 Å². The number of likely N-dealkylation sites (N-methyl/N-ethyl adjacent to an activating group) is 1. The van der Waals surface area contributed by atoms with E-state index in [0.717, 1.165) is 0 Å². The summed E-state index contributed by atoms with van der Waals surface area (Å²) < 4.78 is 40.7. The summed E-state index contributed by atoms with van der Waals surface area (Å²) in [5, 5.41) is 24.8. The van der Waals surface area contributed by atoms with Crippen LogP contribution in [0.4, 0.5) is 14.5 Å². The zero-order valence-corrected chi connectivity index (χ0v) is 21.9. The quantitative estimate of drug-likeness (QED) is 0.570. The number of fused-ring (bicyclic) bond motifs is 1. The molecule has 7 nitrogen and oxygen atoms in total. The van der Waals surface area contributed by atoms with Gasteiger partial charge in [-0.05, 0) is 71.7 Å². The lowest BCUT2D eigenvalue weighted by Crippen LogP contribution is -2.78. The number of rotatable bonds is 3. The summed E-state index contributed by atoms with van der Waals surface area (Å²) in [6.07, 6.45) is 1.63. The minimum atomic E-state index is -2.38. The normalized spacial score (nSPS) is 48.2. The van der Waals surface area contributed by atoms with Gasteiger partial charge in [0, 0.05) is 35.6 Å². The summed E-state index contributed by atoms with van der Waals surface area (Å²) in [5.41, 5.74) is -5.70. The number of ether oxygens (including phenoxy) is 1. The van der Waals surface area contributed by atoms with Crippen molar-refractivity contribution in [1.29, 1.82) is 0 Å². The molecule has 2 saturated heterocycles. The lowest BCUT2D eigenvalue weighted by molar-refractivity contribution is -0.347. The summed E-state index contributed by atoms with van der Waals surface area (Å²) in [5.74, 6) is -0.559. The second-order valence-corrected chi connectivity index (χ2v) is 12.6. The average molecular weight is 518 g/mol. The van der Waals surface area contributed by atoms with Gasteiger partial charge in [0.15, 0.2) is 5.67 Å². The fraction of sp³-hybridized carbons (Fsp3) is 0.714. The molecule has 2 bridgehead atoms. The molecule has 3 N–H and O–H groups in total. The second kappa shape index (κ2) is 7.81. The molecule has 0 aromatic carbocycles. The maximum Gasteiger partial charge on any atom is 0.251 e. The van der Waals surface area contributed by atoms with Crippen LogP contribution in [0, 0.1) is 18.3 Å². The number of hydrogen-bond acceptors (Lipinski definition) is 6. The van der Waals surface area contributed by atoms with E-state index >= 15 is 8.78 Å². The van der Waals surface area contributed by atoms with Crippen LogP contribution in [0.2, 0.25) is 0 Å². The highest BCUT2D eigenvalue weighted by Crippen LogP contribution is 2.73. The van der Waals surface area contributed by atoms with Gasteiger partial charge in [-0.25, -0.2) is 8.78 Å². The van der Waals surface area contributed by atoms with Crippen molar-refractivity contribution in [1.82, 2.24) is 9.88 Å². The molecular formula is C28H37F2N3O4. The van der Waals surface area contributed by atoms with Gasteiger partial charge in [-0.3, -0.25) is 9.78 Å². The minimum absolute atomic E-state index is 0.0260. The van der Waals surface area contributed by atoms with Crippen LogP contribution in [0.1, 0.15) is 57.6 Å². The van der Waals surface area contributed by atoms with Crippen molar-refractivity contribution < 1.29 is 28.5 Å². The summed E-state index contributed by atoms with van der Waals surface area (Å²) >= 11 is 0. The molecular weight excluding hydrogens is 480 g/mol. The first-order valence-electron chi connectivity index (χ1n) is 13.4. The number of nitrogens with one attached hydrogen (secondary N) is 1. The predicted octanol–water partition coefficient (Wildman–Crippen LogP) is 3.24. The lowest BCUT2D eigenvalue weighted by Gasteiger charge is -2.65. The Morgan fingerprint density at radius 2 is 1.97 bits per heavy atom. The van der Waals surface area contributed by atoms with Crippen LogP contribution in [0.15, 0.2) is 30.0 Å². The molecule has 1 aromatic rings. The Hall–Kier alpha value is -1.94. The molecule has 2 saturated carbocycles. The number of amides is 1. The first kappa shape index (κ1) is 25.3. The van der Waals surface area contributed by atoms with Crippen LogP contribution in [-0.2, 0) is 9.53 Å². The van der Waals surface area contributed by atoms with Crippen LogP contribution in [0.3, 0.4) is 0 Å². The zero-order chi connectivity index (χ0) is 26.6. The van der Waals surface area contributed by atoms with E-state index in [-0.39, 0.29) is 31.1 Å². The molecule has 5 aliphatic rings. The number of halogens is 2. The number of aliphatic hydroxyl groups is 2. The fourth-order valence-electron chi connectivity index (χ4n) is 8.68. The van der Waals surface area contributed by atoms with E-state index in [4.69, 9.17) is 4.74 Å². The number of anilines is 1. The van der Waals surface area contributed by atoms with E-state index in [0.29, 0.717) is 36.2 Å². The SMILES string of the molecule is Cc1ncccc1NC(=O)C1=CCC2C1(C)CCC1(F)CC3(F)C(O)C(O)C(N(C)C)CC34CCC21O4. The molecule has 0 radical (unpaired) electrons. The third-order valence-electron chi connectivity index (χ3n) is 10.8. The topological polar surface area (TPSA) is 94.9 Å². The Bertz CT molecular complexity index is 1180. The molecule has 9 atom stereocenters. The number of allylic oxidation sites excluding steroid dienone is 1. The molecule has 202 valence electrons. The number of nitrogens with zero attached hydrogens (tertiary/aromatic N) is 2. The molecule has 4 fully saturated rings. The molecule has 3 heterocycles. The van der Waals surface area contributed by atoms with E-state index < -0.39 is 52.6 Å². The highest BCUT2D eigenvalue weighted by molar-refractivity contribution is 6.05. The number of carbonyl (C=O) groups is 1. The minimum Gasteiger partial charge on any atom is -0.389 e. The van der Waals surface area contributed by atoms with Gasteiger partial charge in [0.2, 0.25) is 0 Å². The van der Waals surface area contributed by atoms with Crippen LogP contribution in [0.25, 0.3) is 0 Å². The number of hydrogen-bond donors (Lipinski definition) is 3. The Morgan fingerprint density at radius 3 is 2.68 bits per heavy atom. The Balaban J connectivity index is 1.35. The number of aryl methyl sites for hydroxylation is 1. The van der Waals surface area contributed by atoms with Crippen molar-refractivity contribution in [2.24, 2.45) is 11.3 Å². The van der Waals surface area contributed by atoms with Gasteiger partial charge in [-0.15, -0.1) is 0 Å². The summed E-state index contributed by atoms with van der Waals surface area (Å²) in [6.45, 7) is 3.84. The van der Waals surface area contributed by atoms with E-state index in [9.17, 15) is 15.0 Å². The average Bonchev–Trinajstić information content (AvgIpc) is 3.39. The van der Waals surface area contributed by atoms with E-state index in [1.165, 1.54) is 0 Å². The molecule has 37 heavy (non-hydrogen) atoms. The largest absolute Gasteiger partial charge is 0.389 e. The predicted molar refractivity (Wildman–Crippen MR) is 133 cm³/mol. The number of pyridine rings is 1. The highest BCUT2D eigenvalue weighted by Gasteiger charge is 2.82. The van der Waals surface area contributed by atoms with Crippen LogP contribution in [-0.4, -0.2) is 80.9 Å². The van der Waals surface area contributed by atoms with Gasteiger partial charge < -0.3 is 25.2 Å². The van der Waals surface area contributed by atoms with Crippen molar-refractivity contribution in [3.63, 3.8) is 0 Å². The molecule has 9 heteroatoms. The molecule has 1 aromatic heterocycles. The van der Waals surface area contributed by atoms with Crippen LogP contribution < -0.4 is 5.32 Å². The molecule has 9 unspecified atom stereocenters. The molecule has 2 aliphatic heterocycles. The Morgan fingerprint density at radius 1 is 1.22 bits per heavy atom. The number of aliphatic hydroxyl groups excluding tert-OH is 2. The van der Waals surface area contributed by atoms with Gasteiger partial charge in [0.25, 0.3) is 5.91 Å². The smallest absolute Gasteiger partial charge is 0.251 e. The first-order valence-corrected chi connectivity index (χ1v) is 13.4. The highest BCUT2D eigenvalue weighted by atomic mass is 19.2. The van der Waals surface area contributed by atoms with Gasteiger partial charge in [-0.2, -0.15) is 0 Å². The standard InChI is InChI=1S/C28H37F2N3O4/c1-16-18(6-5-13-31-16)32-23(36)17-7-8-20-24(17,2)9-10-25(29)15-27(30)22(35)21(34)19(33(3)4)14-26(27)11-12-28(20,25)37-26/h5-7,13,19-22,34-35H,8-12,14-15H2,1-4H3,(H,32,36). The van der Waals surface area contributed by atoms with Crippen molar-refractivity contribution in [3.05, 3.63) is 35.7 Å². The fourth-order valence-corrected chi connectivity index (χ4v) is 8.68. The van der Waals surface area contributed by atoms with Crippen LogP contribution in [0.5, 0.6) is 0 Å². The Kier molecular flexibility index (Phi) is 5.35. The van der Waals surface area contributed by atoms with Crippen molar-refractivity contribution >= 4 is 11.6 Å². The molecule has 2 spiro atoms. The van der Waals surface area contributed by atoms with E-state index in [1.54, 1.807) is 37.3 Å². The van der Waals surface area contributed by atoms with E-state index in [2.05, 4.69) is 10.3 Å². The zero-order valence-electron chi connectivity index (χ0n) is 21.9. The maximum absolute atomic E-state index is 17.1. The third kappa shape index (κ3) is 3.05. The van der Waals surface area contributed by atoms with E-state index in [1.807, 2.05) is 19.9 Å². The van der Waals surface area contributed by atoms with Crippen molar-refractivity contribution in [2.45, 2.75) is 99.6 Å². The number of alkyl halides is 2. The summed E-state index contributed by atoms with van der Waals surface area (Å²) in [6, 6.07) is 3.06. The lowest BCUT2D eigenvalue weighted by atomic mass is 9.51. The van der Waals surface area contributed by atoms with Crippen molar-refractivity contribution in [2.75, 3.05) is 19.4 Å². The monoisotopic (exact) mass is 517 g/mol. The van der Waals surface area contributed by atoms with Gasteiger partial charge in [0.1, 0.15) is 23.0 Å². The number of carbonyl (C=O) groups excluding carboxylic acids is 1. The van der Waals surface area contributed by atoms with Crippen molar-refractivity contribution in [3.8, 4) is 0 Å². The van der Waals surface area contributed by atoms with Crippen LogP contribution >= 0.6 is 0 Å². The number of aromatic nitrogens is 1. The summed E-state index contributed by atoms with van der Waals surface area (Å²) in [7, 11) is 3.56. The molecule has 1 amide bonds. The van der Waals surface area contributed by atoms with Gasteiger partial charge in [-0.1, -0.05) is 13.0 Å². The first-order chi connectivity index (χ1) is 17.3. The molecule has 6 rings (SSSR count). The second-order valence-electron chi connectivity index (χ2n) is 12.6. The summed E-state index contributed by atoms with van der Waals surface area (Å²) in [4.78, 5) is 19.5. The third-order valence-corrected chi connectivity index (χ3v) is 10.8. The maximum atomic E-state index is 17.1. The van der Waals surface area contributed by atoms with Gasteiger partial charge >= 0.3 is 0 Å². The molecule has 3 aliphatic carbocycles.